The first kappa shape index (κ1) is 23.8. The Bertz CT molecular complexity index is 1270. The van der Waals surface area contributed by atoms with Crippen LogP contribution >= 0.6 is 0 Å². The number of carbonyl (C=O) groups excluding carboxylic acids is 1. The van der Waals surface area contributed by atoms with Gasteiger partial charge in [0.25, 0.3) is 0 Å². The first-order valence-corrected chi connectivity index (χ1v) is 12.4. The molecule has 0 spiro atoms. The third-order valence-electron chi connectivity index (χ3n) is 5.94. The van der Waals surface area contributed by atoms with Crippen LogP contribution in [0.2, 0.25) is 0 Å². The molecule has 1 atom stereocenters. The molecule has 0 bridgehead atoms. The lowest BCUT2D eigenvalue weighted by atomic mass is 10.0. The van der Waals surface area contributed by atoms with Crippen LogP contribution in [-0.4, -0.2) is 47.8 Å². The zero-order chi connectivity index (χ0) is 24.5. The lowest BCUT2D eigenvalue weighted by Crippen LogP contribution is -2.25. The summed E-state index contributed by atoms with van der Waals surface area (Å²) in [5.74, 6) is 1.73. The molecular weight excluding hydrogens is 458 g/mol. The van der Waals surface area contributed by atoms with Crippen LogP contribution in [0.5, 0.6) is 11.5 Å². The third kappa shape index (κ3) is 4.41. The number of methoxy groups -OCH3 is 3. The van der Waals surface area contributed by atoms with Gasteiger partial charge in [0.15, 0.2) is 5.76 Å². The number of rotatable bonds is 8. The number of benzene rings is 2. The highest BCUT2D eigenvalue weighted by molar-refractivity contribution is 7.93. The van der Waals surface area contributed by atoms with Crippen LogP contribution in [0, 0.1) is 6.92 Å². The highest BCUT2D eigenvalue weighted by atomic mass is 32.2. The van der Waals surface area contributed by atoms with E-state index >= 15 is 0 Å². The summed E-state index contributed by atoms with van der Waals surface area (Å²) in [6.45, 7) is 2.35. The molecule has 1 unspecified atom stereocenters. The van der Waals surface area contributed by atoms with Gasteiger partial charge in [-0.25, -0.2) is 8.42 Å². The number of anilines is 1. The number of sulfonamides is 1. The van der Waals surface area contributed by atoms with E-state index in [-0.39, 0.29) is 17.3 Å². The van der Waals surface area contributed by atoms with E-state index in [4.69, 9.17) is 18.6 Å². The Morgan fingerprint density at radius 3 is 2.18 bits per heavy atom. The molecule has 180 valence electrons. The van der Waals surface area contributed by atoms with Crippen LogP contribution in [0.25, 0.3) is 11.3 Å². The minimum absolute atomic E-state index is 0.145. The maximum Gasteiger partial charge on any atom is 0.235 e. The molecule has 4 rings (SSSR count). The molecule has 34 heavy (non-hydrogen) atoms. The number of hydrogen-bond acceptors (Lipinski definition) is 7. The van der Waals surface area contributed by atoms with Crippen LogP contribution in [0.3, 0.4) is 0 Å². The van der Waals surface area contributed by atoms with E-state index < -0.39 is 16.1 Å². The highest BCUT2D eigenvalue weighted by Crippen LogP contribution is 2.36. The number of carbonyl (C=O) groups is 1. The summed E-state index contributed by atoms with van der Waals surface area (Å²) >= 11 is 0. The Hall–Kier alpha value is -3.30. The predicted molar refractivity (Wildman–Crippen MR) is 128 cm³/mol. The topological polar surface area (TPSA) is 95.3 Å². The van der Waals surface area contributed by atoms with E-state index in [1.807, 2.05) is 19.1 Å². The molecule has 0 saturated carbocycles. The van der Waals surface area contributed by atoms with E-state index in [1.54, 1.807) is 50.6 Å². The molecular formula is C25H27NO7S. The van der Waals surface area contributed by atoms with Gasteiger partial charge < -0.3 is 18.6 Å². The van der Waals surface area contributed by atoms with Gasteiger partial charge in [0.2, 0.25) is 15.8 Å². The molecule has 8 nitrogen and oxygen atoms in total. The first-order valence-electron chi connectivity index (χ1n) is 10.8. The van der Waals surface area contributed by atoms with E-state index in [9.17, 15) is 13.2 Å². The molecule has 0 aliphatic carbocycles. The van der Waals surface area contributed by atoms with E-state index in [0.29, 0.717) is 47.0 Å². The van der Waals surface area contributed by atoms with Crippen molar-refractivity contribution in [2.45, 2.75) is 19.4 Å². The van der Waals surface area contributed by atoms with Crippen molar-refractivity contribution in [1.82, 2.24) is 0 Å². The molecule has 9 heteroatoms. The van der Waals surface area contributed by atoms with Gasteiger partial charge in [0.1, 0.15) is 23.4 Å². The zero-order valence-electron chi connectivity index (χ0n) is 19.5. The van der Waals surface area contributed by atoms with Crippen LogP contribution in [0.1, 0.15) is 34.2 Å². The average Bonchev–Trinajstić information content (AvgIpc) is 3.46. The molecule has 0 amide bonds. The van der Waals surface area contributed by atoms with Crippen LogP contribution in [0.4, 0.5) is 5.69 Å². The Kier molecular flexibility index (Phi) is 6.67. The fourth-order valence-corrected chi connectivity index (χ4v) is 5.69. The second-order valence-corrected chi connectivity index (χ2v) is 10.00. The maximum absolute atomic E-state index is 13.2. The van der Waals surface area contributed by atoms with Crippen molar-refractivity contribution < 1.29 is 31.8 Å². The lowest BCUT2D eigenvalue weighted by Gasteiger charge is -2.18. The fraction of sp³-hybridized carbons (Fsp3) is 0.320. The number of Topliss-reactive ketones (excluding diaryl/α,β-unsaturated/α-hetero) is 1. The van der Waals surface area contributed by atoms with Gasteiger partial charge in [-0.1, -0.05) is 12.1 Å². The third-order valence-corrected chi connectivity index (χ3v) is 7.81. The van der Waals surface area contributed by atoms with Gasteiger partial charge in [-0.05, 0) is 55.3 Å². The monoisotopic (exact) mass is 485 g/mol. The first-order chi connectivity index (χ1) is 16.3. The van der Waals surface area contributed by atoms with Crippen LogP contribution < -0.4 is 13.8 Å². The van der Waals surface area contributed by atoms with E-state index in [2.05, 4.69) is 0 Å². The van der Waals surface area contributed by atoms with Gasteiger partial charge in [-0.2, -0.15) is 0 Å². The Balaban J connectivity index is 1.58. The summed E-state index contributed by atoms with van der Waals surface area (Å²) in [6, 6.07) is 13.8. The largest absolute Gasteiger partial charge is 0.496 e. The van der Waals surface area contributed by atoms with Crippen LogP contribution in [0.15, 0.2) is 52.9 Å². The summed E-state index contributed by atoms with van der Waals surface area (Å²) in [5.41, 5.74) is 2.75. The minimum atomic E-state index is -3.27. The van der Waals surface area contributed by atoms with Gasteiger partial charge in [-0.3, -0.25) is 9.10 Å². The minimum Gasteiger partial charge on any atom is -0.496 e. The normalized spacial score (nSPS) is 15.8. The predicted octanol–water partition coefficient (Wildman–Crippen LogP) is 4.38. The molecule has 2 heterocycles. The quantitative estimate of drug-likeness (QED) is 0.437. The van der Waals surface area contributed by atoms with Crippen molar-refractivity contribution >= 4 is 21.5 Å². The zero-order valence-corrected chi connectivity index (χ0v) is 20.3. The van der Waals surface area contributed by atoms with Crippen molar-refractivity contribution in [2.75, 3.05) is 37.9 Å². The second-order valence-electron chi connectivity index (χ2n) is 7.98. The molecule has 3 aromatic rings. The molecule has 1 fully saturated rings. The summed E-state index contributed by atoms with van der Waals surface area (Å²) in [6.07, 6.45) is -0.298. The van der Waals surface area contributed by atoms with Crippen molar-refractivity contribution in [3.05, 3.63) is 65.4 Å². The van der Waals surface area contributed by atoms with Gasteiger partial charge in [-0.15, -0.1) is 0 Å². The van der Waals surface area contributed by atoms with E-state index in [1.165, 1.54) is 11.4 Å². The second kappa shape index (κ2) is 9.52. The van der Waals surface area contributed by atoms with Crippen molar-refractivity contribution in [1.29, 1.82) is 0 Å². The lowest BCUT2D eigenvalue weighted by molar-refractivity contribution is 0.0577. The van der Waals surface area contributed by atoms with Crippen molar-refractivity contribution in [3.63, 3.8) is 0 Å². The summed E-state index contributed by atoms with van der Waals surface area (Å²) in [4.78, 5) is 13.2. The molecule has 1 aromatic heterocycles. The summed E-state index contributed by atoms with van der Waals surface area (Å²) in [7, 11) is 1.33. The Morgan fingerprint density at radius 1 is 1.00 bits per heavy atom. The van der Waals surface area contributed by atoms with E-state index in [0.717, 1.165) is 5.56 Å². The molecule has 0 radical (unpaired) electrons. The van der Waals surface area contributed by atoms with Gasteiger partial charge >= 0.3 is 0 Å². The maximum atomic E-state index is 13.2. The number of ketones is 1. The highest BCUT2D eigenvalue weighted by Gasteiger charge is 2.29. The number of ether oxygens (including phenoxy) is 3. The molecule has 0 N–H and O–H groups in total. The number of nitrogens with zero attached hydrogens (tertiary/aromatic N) is 1. The average molecular weight is 486 g/mol. The number of hydrogen-bond donors (Lipinski definition) is 0. The van der Waals surface area contributed by atoms with Crippen molar-refractivity contribution in [3.8, 4) is 22.8 Å². The standard InChI is InChI=1S/C25H27NO7S/c1-16-22(30-2)14-18(15-23(16)31-3)20-10-11-21(33-20)24(27)25(32-4)17-6-8-19(9-7-17)26-12-5-13-34(26,28)29/h6-11,14-15,25H,5,12-13H2,1-4H3. The molecule has 2 aromatic carbocycles. The molecule has 1 saturated heterocycles. The number of furan rings is 1. The molecule has 1 aliphatic heterocycles. The Morgan fingerprint density at radius 2 is 1.65 bits per heavy atom. The van der Waals surface area contributed by atoms with Gasteiger partial charge in [0.05, 0.1) is 25.7 Å². The summed E-state index contributed by atoms with van der Waals surface area (Å²) < 4.78 is 47.9. The fourth-order valence-electron chi connectivity index (χ4n) is 4.12. The van der Waals surface area contributed by atoms with Gasteiger partial charge in [0, 0.05) is 24.8 Å². The molecule has 1 aliphatic rings. The SMILES string of the molecule is COc1cc(-c2ccc(C(=O)C(OC)c3ccc(N4CCCS4(=O)=O)cc3)o2)cc(OC)c1C. The van der Waals surface area contributed by atoms with Crippen LogP contribution in [-0.2, 0) is 14.8 Å². The summed E-state index contributed by atoms with van der Waals surface area (Å²) in [5, 5.41) is 0. The van der Waals surface area contributed by atoms with Crippen molar-refractivity contribution in [2.24, 2.45) is 0 Å². The Labute approximate surface area is 199 Å². The smallest absolute Gasteiger partial charge is 0.235 e.